The fourth-order valence-corrected chi connectivity index (χ4v) is 7.83. The molecule has 0 saturated carbocycles. The zero-order valence-corrected chi connectivity index (χ0v) is 15.8. The zero-order valence-electron chi connectivity index (χ0n) is 14.8. The Morgan fingerprint density at radius 2 is 1.42 bits per heavy atom. The van der Waals surface area contributed by atoms with E-state index in [-0.39, 0.29) is 10.8 Å². The molecule has 1 atom stereocenters. The highest BCUT2D eigenvalue weighted by Gasteiger charge is 2.51. The van der Waals surface area contributed by atoms with E-state index in [1.165, 1.54) is 0 Å². The topological polar surface area (TPSA) is 46.5 Å². The fraction of sp³-hybridized carbons (Fsp3) is 0.350. The average Bonchev–Trinajstić information content (AvgIpc) is 2.59. The number of carbonyl (C=O) groups excluding carboxylic acids is 1. The number of Topliss-reactive ketones (excluding diaryl/α,β-unsaturated/α-hetero) is 1. The molecule has 0 aromatic heterocycles. The van der Waals surface area contributed by atoms with Gasteiger partial charge in [0.15, 0.2) is 5.78 Å². The van der Waals surface area contributed by atoms with Crippen LogP contribution in [-0.4, -0.2) is 31.9 Å². The lowest BCUT2D eigenvalue weighted by Crippen LogP contribution is -2.68. The highest BCUT2D eigenvalue weighted by Crippen LogP contribution is 2.37. The van der Waals surface area contributed by atoms with Gasteiger partial charge in [0.1, 0.15) is 12.7 Å². The Balaban J connectivity index is 2.68. The second-order valence-electron chi connectivity index (χ2n) is 7.05. The summed E-state index contributed by atoms with van der Waals surface area (Å²) in [5.74, 6) is -0.289. The molecular formula is C20H26O3Si. The van der Waals surface area contributed by atoms with Gasteiger partial charge >= 0.3 is 0 Å². The highest BCUT2D eigenvalue weighted by molar-refractivity contribution is 6.99. The first kappa shape index (κ1) is 18.6. The normalized spacial score (nSPS) is 13.5. The molecular weight excluding hydrogens is 316 g/mol. The standard InChI is InChI=1S/C20H26O3Si/c1-16(19(22)15-21)23-24(20(2,3)4,17-11-7-5-8-12-17)18-13-9-6-10-14-18/h5-14,16,21H,15H2,1-4H3/t16-/m0/s1. The van der Waals surface area contributed by atoms with Crippen molar-refractivity contribution in [1.29, 1.82) is 0 Å². The van der Waals surface area contributed by atoms with Crippen LogP contribution in [-0.2, 0) is 9.22 Å². The van der Waals surface area contributed by atoms with Crippen molar-refractivity contribution >= 4 is 24.5 Å². The molecule has 0 spiro atoms. The summed E-state index contributed by atoms with van der Waals surface area (Å²) < 4.78 is 6.56. The maximum absolute atomic E-state index is 12.0. The molecule has 2 aromatic carbocycles. The molecule has 3 nitrogen and oxygen atoms in total. The molecule has 0 aliphatic heterocycles. The van der Waals surface area contributed by atoms with Gasteiger partial charge in [0.25, 0.3) is 8.32 Å². The Morgan fingerprint density at radius 1 is 1.00 bits per heavy atom. The Bertz CT molecular complexity index is 623. The van der Waals surface area contributed by atoms with E-state index in [1.54, 1.807) is 6.92 Å². The lowest BCUT2D eigenvalue weighted by molar-refractivity contribution is -0.128. The van der Waals surface area contributed by atoms with Crippen molar-refractivity contribution < 1.29 is 14.3 Å². The molecule has 0 heterocycles. The van der Waals surface area contributed by atoms with Gasteiger partial charge in [0.2, 0.25) is 0 Å². The van der Waals surface area contributed by atoms with E-state index in [9.17, 15) is 9.90 Å². The largest absolute Gasteiger partial charge is 0.398 e. The summed E-state index contributed by atoms with van der Waals surface area (Å²) in [6.45, 7) is 7.72. The van der Waals surface area contributed by atoms with E-state index in [1.807, 2.05) is 36.4 Å². The second kappa shape index (κ2) is 7.43. The number of aliphatic hydroxyl groups excluding tert-OH is 1. The first-order valence-corrected chi connectivity index (χ1v) is 10.2. The molecule has 2 rings (SSSR count). The monoisotopic (exact) mass is 342 g/mol. The molecule has 128 valence electrons. The van der Waals surface area contributed by atoms with E-state index in [0.717, 1.165) is 10.4 Å². The van der Waals surface area contributed by atoms with Crippen LogP contribution in [0.15, 0.2) is 60.7 Å². The van der Waals surface area contributed by atoms with Gasteiger partial charge in [-0.25, -0.2) is 0 Å². The summed E-state index contributed by atoms with van der Waals surface area (Å²) in [6.07, 6.45) is -0.652. The van der Waals surface area contributed by atoms with Gasteiger partial charge in [-0.1, -0.05) is 81.4 Å². The SMILES string of the molecule is C[C@H](O[Si](c1ccccc1)(c1ccccc1)C(C)(C)C)C(=O)CO. The third kappa shape index (κ3) is 3.51. The Morgan fingerprint density at radius 3 is 1.75 bits per heavy atom. The molecule has 0 radical (unpaired) electrons. The number of rotatable bonds is 6. The number of benzene rings is 2. The molecule has 0 aliphatic carbocycles. The number of carbonyl (C=O) groups is 1. The van der Waals surface area contributed by atoms with Crippen LogP contribution < -0.4 is 10.4 Å². The van der Waals surface area contributed by atoms with Crippen LogP contribution >= 0.6 is 0 Å². The predicted octanol–water partition coefficient (Wildman–Crippen LogP) is 2.51. The van der Waals surface area contributed by atoms with Crippen LogP contribution in [0.2, 0.25) is 5.04 Å². The first-order chi connectivity index (χ1) is 11.3. The number of hydrogen-bond donors (Lipinski definition) is 1. The third-order valence-electron chi connectivity index (χ3n) is 4.38. The smallest absolute Gasteiger partial charge is 0.262 e. The van der Waals surface area contributed by atoms with Gasteiger partial charge in [0, 0.05) is 0 Å². The molecule has 2 aromatic rings. The van der Waals surface area contributed by atoms with Crippen molar-refractivity contribution in [3.8, 4) is 0 Å². The fourth-order valence-electron chi connectivity index (χ4n) is 3.15. The average molecular weight is 343 g/mol. The van der Waals surface area contributed by atoms with E-state index in [4.69, 9.17) is 4.43 Å². The summed E-state index contributed by atoms with van der Waals surface area (Å²) in [5, 5.41) is 11.3. The molecule has 1 N–H and O–H groups in total. The van der Waals surface area contributed by atoms with Crippen LogP contribution in [0.5, 0.6) is 0 Å². The summed E-state index contributed by atoms with van der Waals surface area (Å²) in [4.78, 5) is 12.0. The summed E-state index contributed by atoms with van der Waals surface area (Å²) in [6, 6.07) is 20.3. The minimum absolute atomic E-state index is 0.181. The minimum Gasteiger partial charge on any atom is -0.398 e. The lowest BCUT2D eigenvalue weighted by Gasteiger charge is -2.44. The predicted molar refractivity (Wildman–Crippen MR) is 100 cm³/mol. The van der Waals surface area contributed by atoms with Crippen LogP contribution in [0, 0.1) is 0 Å². The van der Waals surface area contributed by atoms with Crippen molar-refractivity contribution in [2.24, 2.45) is 0 Å². The van der Waals surface area contributed by atoms with Gasteiger partial charge in [-0.05, 0) is 22.3 Å². The number of ketones is 1. The molecule has 24 heavy (non-hydrogen) atoms. The van der Waals surface area contributed by atoms with E-state index in [0.29, 0.717) is 0 Å². The van der Waals surface area contributed by atoms with Crippen LogP contribution in [0.1, 0.15) is 27.7 Å². The molecule has 0 saturated heterocycles. The second-order valence-corrected chi connectivity index (χ2v) is 11.3. The van der Waals surface area contributed by atoms with Crippen molar-refractivity contribution in [2.75, 3.05) is 6.61 Å². The van der Waals surface area contributed by atoms with Gasteiger partial charge in [-0.15, -0.1) is 0 Å². The molecule has 0 amide bonds. The molecule has 0 fully saturated rings. The minimum atomic E-state index is -2.72. The Hall–Kier alpha value is -1.75. The highest BCUT2D eigenvalue weighted by atomic mass is 28.4. The van der Waals surface area contributed by atoms with Crippen molar-refractivity contribution in [2.45, 2.75) is 38.8 Å². The van der Waals surface area contributed by atoms with Crippen LogP contribution in [0.25, 0.3) is 0 Å². The molecule has 0 unspecified atom stereocenters. The van der Waals surface area contributed by atoms with Gasteiger partial charge in [-0.3, -0.25) is 4.79 Å². The van der Waals surface area contributed by atoms with Crippen molar-refractivity contribution in [1.82, 2.24) is 0 Å². The van der Waals surface area contributed by atoms with E-state index in [2.05, 4.69) is 45.0 Å². The third-order valence-corrected chi connectivity index (χ3v) is 9.49. The number of hydrogen-bond acceptors (Lipinski definition) is 3. The van der Waals surface area contributed by atoms with Gasteiger partial charge < -0.3 is 9.53 Å². The summed E-state index contributed by atoms with van der Waals surface area (Å²) in [5.41, 5.74) is 0. The van der Waals surface area contributed by atoms with Crippen LogP contribution in [0.3, 0.4) is 0 Å². The summed E-state index contributed by atoms with van der Waals surface area (Å²) in [7, 11) is -2.72. The Kier molecular flexibility index (Phi) is 5.75. The van der Waals surface area contributed by atoms with E-state index >= 15 is 0 Å². The summed E-state index contributed by atoms with van der Waals surface area (Å²) >= 11 is 0. The molecule has 0 aliphatic rings. The van der Waals surface area contributed by atoms with Crippen molar-refractivity contribution in [3.05, 3.63) is 60.7 Å². The van der Waals surface area contributed by atoms with Crippen molar-refractivity contribution in [3.63, 3.8) is 0 Å². The lowest BCUT2D eigenvalue weighted by atomic mass is 10.2. The van der Waals surface area contributed by atoms with Crippen LogP contribution in [0.4, 0.5) is 0 Å². The Labute approximate surface area is 145 Å². The first-order valence-electron chi connectivity index (χ1n) is 8.25. The maximum atomic E-state index is 12.0. The van der Waals surface area contributed by atoms with Gasteiger partial charge in [0.05, 0.1) is 0 Å². The quantitative estimate of drug-likeness (QED) is 0.821. The van der Waals surface area contributed by atoms with E-state index < -0.39 is 21.0 Å². The number of aliphatic hydroxyl groups is 1. The van der Waals surface area contributed by atoms with Gasteiger partial charge in [-0.2, -0.15) is 0 Å². The zero-order chi connectivity index (χ0) is 17.8. The maximum Gasteiger partial charge on any atom is 0.262 e. The molecule has 0 bridgehead atoms. The molecule has 4 heteroatoms.